The fourth-order valence-electron chi connectivity index (χ4n) is 2.71. The van der Waals surface area contributed by atoms with E-state index in [-0.39, 0.29) is 12.0 Å². The lowest BCUT2D eigenvalue weighted by molar-refractivity contribution is -0.115. The molecule has 126 valence electrons. The zero-order valence-corrected chi connectivity index (χ0v) is 13.8. The number of ether oxygens (including phenoxy) is 1. The van der Waals surface area contributed by atoms with Crippen molar-refractivity contribution in [3.63, 3.8) is 0 Å². The highest BCUT2D eigenvalue weighted by Gasteiger charge is 2.15. The molecule has 0 radical (unpaired) electrons. The predicted molar refractivity (Wildman–Crippen MR) is 93.0 cm³/mol. The largest absolute Gasteiger partial charge is 0.376 e. The average Bonchev–Trinajstić information content (AvgIpc) is 3.07. The Morgan fingerprint density at radius 3 is 2.79 bits per heavy atom. The Balaban J connectivity index is 1.49. The predicted octanol–water partition coefficient (Wildman–Crippen LogP) is 2.56. The van der Waals surface area contributed by atoms with Crippen LogP contribution in [0.2, 0.25) is 0 Å². The molecule has 2 heterocycles. The van der Waals surface area contributed by atoms with Gasteiger partial charge in [-0.3, -0.25) is 4.79 Å². The van der Waals surface area contributed by atoms with Gasteiger partial charge in [0.05, 0.1) is 12.5 Å². The fraction of sp³-hybridized carbons (Fsp3) is 0.389. The number of anilines is 2. The minimum absolute atomic E-state index is 0.102. The van der Waals surface area contributed by atoms with E-state index < -0.39 is 0 Å². The normalized spacial score (nSPS) is 16.8. The molecule has 1 saturated heterocycles. The van der Waals surface area contributed by atoms with Crippen LogP contribution in [0.5, 0.6) is 0 Å². The van der Waals surface area contributed by atoms with Crippen molar-refractivity contribution < 1.29 is 9.53 Å². The van der Waals surface area contributed by atoms with Crippen LogP contribution in [-0.4, -0.2) is 35.4 Å². The van der Waals surface area contributed by atoms with Crippen molar-refractivity contribution in [2.45, 2.75) is 32.3 Å². The maximum absolute atomic E-state index is 12.1. The standard InChI is InChI=1S/C18H22N4O2/c1-13-4-2-5-14(10-13)11-18(23)20-17-8-7-16(21-22-17)19-12-15-6-3-9-24-15/h2,4-5,7-8,10,15H,3,6,9,11-12H2,1H3,(H,19,21)(H,20,22,23). The molecule has 0 bridgehead atoms. The first kappa shape index (κ1) is 16.4. The summed E-state index contributed by atoms with van der Waals surface area (Å²) in [5, 5.41) is 14.1. The first-order valence-electron chi connectivity index (χ1n) is 8.23. The Kier molecular flexibility index (Phi) is 5.38. The van der Waals surface area contributed by atoms with E-state index in [1.54, 1.807) is 6.07 Å². The Morgan fingerprint density at radius 1 is 1.25 bits per heavy atom. The van der Waals surface area contributed by atoms with E-state index in [2.05, 4.69) is 20.8 Å². The van der Waals surface area contributed by atoms with Gasteiger partial charge in [0.25, 0.3) is 0 Å². The Labute approximate surface area is 141 Å². The number of nitrogens with one attached hydrogen (secondary N) is 2. The second kappa shape index (κ2) is 7.88. The number of benzene rings is 1. The number of amides is 1. The summed E-state index contributed by atoms with van der Waals surface area (Å²) >= 11 is 0. The molecule has 6 heteroatoms. The van der Waals surface area contributed by atoms with Crippen molar-refractivity contribution in [1.29, 1.82) is 0 Å². The van der Waals surface area contributed by atoms with Crippen LogP contribution < -0.4 is 10.6 Å². The smallest absolute Gasteiger partial charge is 0.229 e. The molecule has 6 nitrogen and oxygen atoms in total. The van der Waals surface area contributed by atoms with E-state index in [9.17, 15) is 4.79 Å². The molecular formula is C18H22N4O2. The molecule has 1 aliphatic heterocycles. The van der Waals surface area contributed by atoms with Crippen molar-refractivity contribution in [3.05, 3.63) is 47.5 Å². The number of aromatic nitrogens is 2. The molecule has 1 amide bonds. The fourth-order valence-corrected chi connectivity index (χ4v) is 2.71. The molecule has 3 rings (SSSR count). The van der Waals surface area contributed by atoms with Gasteiger partial charge < -0.3 is 15.4 Å². The van der Waals surface area contributed by atoms with E-state index in [1.807, 2.05) is 37.3 Å². The van der Waals surface area contributed by atoms with Gasteiger partial charge in [-0.15, -0.1) is 10.2 Å². The van der Waals surface area contributed by atoms with Gasteiger partial charge in [0.1, 0.15) is 5.82 Å². The molecule has 2 N–H and O–H groups in total. The molecule has 1 atom stereocenters. The van der Waals surface area contributed by atoms with Gasteiger partial charge in [-0.05, 0) is 37.5 Å². The summed E-state index contributed by atoms with van der Waals surface area (Å²) in [7, 11) is 0. The Hall–Kier alpha value is -2.47. The lowest BCUT2D eigenvalue weighted by Crippen LogP contribution is -2.19. The Bertz CT molecular complexity index is 682. The van der Waals surface area contributed by atoms with Gasteiger partial charge in [-0.1, -0.05) is 29.8 Å². The topological polar surface area (TPSA) is 76.1 Å². The van der Waals surface area contributed by atoms with E-state index in [4.69, 9.17) is 4.74 Å². The maximum Gasteiger partial charge on any atom is 0.229 e. The van der Waals surface area contributed by atoms with Gasteiger partial charge in [-0.2, -0.15) is 0 Å². The summed E-state index contributed by atoms with van der Waals surface area (Å²) in [4.78, 5) is 12.1. The third kappa shape index (κ3) is 4.76. The summed E-state index contributed by atoms with van der Waals surface area (Å²) in [6.45, 7) is 3.58. The van der Waals surface area contributed by atoms with Gasteiger partial charge >= 0.3 is 0 Å². The summed E-state index contributed by atoms with van der Waals surface area (Å²) in [6, 6.07) is 11.5. The highest BCUT2D eigenvalue weighted by molar-refractivity contribution is 5.91. The number of hydrogen-bond donors (Lipinski definition) is 2. The van der Waals surface area contributed by atoms with Crippen molar-refractivity contribution in [1.82, 2.24) is 10.2 Å². The molecule has 1 fully saturated rings. The first-order valence-corrected chi connectivity index (χ1v) is 8.23. The molecule has 0 saturated carbocycles. The SMILES string of the molecule is Cc1cccc(CC(=O)Nc2ccc(NCC3CCCO3)nn2)c1. The van der Waals surface area contributed by atoms with E-state index in [0.29, 0.717) is 18.1 Å². The Morgan fingerprint density at radius 2 is 2.08 bits per heavy atom. The van der Waals surface area contributed by atoms with Crippen LogP contribution >= 0.6 is 0 Å². The maximum atomic E-state index is 12.1. The first-order chi connectivity index (χ1) is 11.7. The molecule has 1 unspecified atom stereocenters. The summed E-state index contributed by atoms with van der Waals surface area (Å²) in [6.07, 6.45) is 2.76. The van der Waals surface area contributed by atoms with Crippen LogP contribution in [0.1, 0.15) is 24.0 Å². The number of nitrogens with zero attached hydrogens (tertiary/aromatic N) is 2. The van der Waals surface area contributed by atoms with Gasteiger partial charge in [0, 0.05) is 13.2 Å². The molecular weight excluding hydrogens is 304 g/mol. The zero-order valence-electron chi connectivity index (χ0n) is 13.8. The molecule has 0 spiro atoms. The lowest BCUT2D eigenvalue weighted by atomic mass is 10.1. The molecule has 0 aliphatic carbocycles. The second-order valence-electron chi connectivity index (χ2n) is 6.03. The minimum atomic E-state index is -0.102. The van der Waals surface area contributed by atoms with Gasteiger partial charge in [-0.25, -0.2) is 0 Å². The van der Waals surface area contributed by atoms with E-state index >= 15 is 0 Å². The number of carbonyl (C=O) groups excluding carboxylic acids is 1. The third-order valence-corrected chi connectivity index (χ3v) is 3.91. The number of carbonyl (C=O) groups is 1. The second-order valence-corrected chi connectivity index (χ2v) is 6.03. The van der Waals surface area contributed by atoms with Crippen molar-refractivity contribution in [3.8, 4) is 0 Å². The minimum Gasteiger partial charge on any atom is -0.376 e. The highest BCUT2D eigenvalue weighted by Crippen LogP contribution is 2.13. The van der Waals surface area contributed by atoms with E-state index in [1.165, 1.54) is 0 Å². The van der Waals surface area contributed by atoms with Gasteiger partial charge in [0.2, 0.25) is 5.91 Å². The van der Waals surface area contributed by atoms with Crippen LogP contribution in [0.15, 0.2) is 36.4 Å². The van der Waals surface area contributed by atoms with Crippen molar-refractivity contribution in [2.75, 3.05) is 23.8 Å². The zero-order chi connectivity index (χ0) is 16.8. The number of rotatable bonds is 6. The van der Waals surface area contributed by atoms with Crippen LogP contribution in [0.4, 0.5) is 11.6 Å². The molecule has 24 heavy (non-hydrogen) atoms. The quantitative estimate of drug-likeness (QED) is 0.853. The summed E-state index contributed by atoms with van der Waals surface area (Å²) in [5.74, 6) is 1.03. The van der Waals surface area contributed by atoms with Crippen LogP contribution in [0, 0.1) is 6.92 Å². The summed E-state index contributed by atoms with van der Waals surface area (Å²) < 4.78 is 5.55. The molecule has 1 aliphatic rings. The number of aryl methyl sites for hydroxylation is 1. The van der Waals surface area contributed by atoms with Crippen molar-refractivity contribution >= 4 is 17.5 Å². The third-order valence-electron chi connectivity index (χ3n) is 3.91. The van der Waals surface area contributed by atoms with Crippen molar-refractivity contribution in [2.24, 2.45) is 0 Å². The molecule has 1 aromatic carbocycles. The van der Waals surface area contributed by atoms with Crippen LogP contribution in [-0.2, 0) is 16.0 Å². The van der Waals surface area contributed by atoms with E-state index in [0.717, 1.165) is 37.1 Å². The van der Waals surface area contributed by atoms with Gasteiger partial charge in [0.15, 0.2) is 5.82 Å². The average molecular weight is 326 g/mol. The van der Waals surface area contributed by atoms with Crippen LogP contribution in [0.25, 0.3) is 0 Å². The van der Waals surface area contributed by atoms with Crippen LogP contribution in [0.3, 0.4) is 0 Å². The number of hydrogen-bond acceptors (Lipinski definition) is 5. The lowest BCUT2D eigenvalue weighted by Gasteiger charge is -2.11. The molecule has 2 aromatic rings. The highest BCUT2D eigenvalue weighted by atomic mass is 16.5. The molecule has 1 aromatic heterocycles. The summed E-state index contributed by atoms with van der Waals surface area (Å²) in [5.41, 5.74) is 2.12. The monoisotopic (exact) mass is 326 g/mol.